The molecule has 2 aliphatic rings. The maximum Gasteiger partial charge on any atom is 0.256 e. The zero-order valence-electron chi connectivity index (χ0n) is 13.6. The van der Waals surface area contributed by atoms with E-state index in [1.165, 1.54) is 38.9 Å². The minimum atomic E-state index is 0.00287. The van der Waals surface area contributed by atoms with Crippen LogP contribution in [0.15, 0.2) is 65.5 Å². The summed E-state index contributed by atoms with van der Waals surface area (Å²) in [6.07, 6.45) is 1.90. The van der Waals surface area contributed by atoms with E-state index in [9.17, 15) is 4.79 Å². The number of hydrogen-bond donors (Lipinski definition) is 1. The molecule has 0 spiro atoms. The van der Waals surface area contributed by atoms with Crippen LogP contribution < -0.4 is 5.56 Å². The van der Waals surface area contributed by atoms with Gasteiger partial charge >= 0.3 is 0 Å². The van der Waals surface area contributed by atoms with Gasteiger partial charge in [0.15, 0.2) is 0 Å². The SMILES string of the molecule is O=c1[nH]c2c(c3ccccc13)Cc1cc3c(cc1-2)-c1ccccc1C3. The molecule has 0 atom stereocenters. The maximum atomic E-state index is 12.5. The second-order valence-corrected chi connectivity index (χ2v) is 7.03. The second-order valence-electron chi connectivity index (χ2n) is 7.03. The Labute approximate surface area is 144 Å². The summed E-state index contributed by atoms with van der Waals surface area (Å²) in [5.74, 6) is 0. The van der Waals surface area contributed by atoms with Crippen molar-refractivity contribution >= 4 is 10.8 Å². The molecule has 6 rings (SSSR count). The van der Waals surface area contributed by atoms with Crippen molar-refractivity contribution in [1.82, 2.24) is 4.98 Å². The van der Waals surface area contributed by atoms with Crippen LogP contribution >= 0.6 is 0 Å². The van der Waals surface area contributed by atoms with E-state index in [-0.39, 0.29) is 5.56 Å². The van der Waals surface area contributed by atoms with Crippen molar-refractivity contribution in [2.75, 3.05) is 0 Å². The highest BCUT2D eigenvalue weighted by Crippen LogP contribution is 2.44. The van der Waals surface area contributed by atoms with Crippen molar-refractivity contribution < 1.29 is 0 Å². The number of nitrogens with one attached hydrogen (secondary N) is 1. The van der Waals surface area contributed by atoms with Crippen molar-refractivity contribution in [2.24, 2.45) is 0 Å². The summed E-state index contributed by atoms with van der Waals surface area (Å²) in [6.45, 7) is 0. The summed E-state index contributed by atoms with van der Waals surface area (Å²) in [7, 11) is 0. The Morgan fingerprint density at radius 2 is 1.44 bits per heavy atom. The van der Waals surface area contributed by atoms with Gasteiger partial charge in [-0.05, 0) is 57.3 Å². The third kappa shape index (κ3) is 1.66. The first-order chi connectivity index (χ1) is 12.3. The number of rotatable bonds is 0. The van der Waals surface area contributed by atoms with Crippen LogP contribution in [0.1, 0.15) is 22.3 Å². The Morgan fingerprint density at radius 3 is 2.36 bits per heavy atom. The van der Waals surface area contributed by atoms with Crippen LogP contribution in [0.3, 0.4) is 0 Å². The van der Waals surface area contributed by atoms with Gasteiger partial charge in [-0.2, -0.15) is 0 Å². The van der Waals surface area contributed by atoms with Gasteiger partial charge in [0.1, 0.15) is 0 Å². The molecule has 3 aromatic carbocycles. The van der Waals surface area contributed by atoms with Gasteiger partial charge in [0.05, 0.1) is 5.69 Å². The maximum absolute atomic E-state index is 12.5. The summed E-state index contributed by atoms with van der Waals surface area (Å²) >= 11 is 0. The van der Waals surface area contributed by atoms with Crippen LogP contribution in [0.25, 0.3) is 33.2 Å². The molecule has 1 N–H and O–H groups in total. The average Bonchev–Trinajstić information content (AvgIpc) is 3.18. The van der Waals surface area contributed by atoms with E-state index >= 15 is 0 Å². The average molecular weight is 321 g/mol. The summed E-state index contributed by atoms with van der Waals surface area (Å²) in [5.41, 5.74) is 10.2. The molecule has 118 valence electrons. The molecule has 25 heavy (non-hydrogen) atoms. The van der Waals surface area contributed by atoms with Crippen molar-refractivity contribution in [2.45, 2.75) is 12.8 Å². The molecule has 0 unspecified atom stereocenters. The first-order valence-electron chi connectivity index (χ1n) is 8.68. The van der Waals surface area contributed by atoms with Gasteiger partial charge in [-0.25, -0.2) is 0 Å². The Kier molecular flexibility index (Phi) is 2.37. The van der Waals surface area contributed by atoms with Crippen LogP contribution in [-0.2, 0) is 12.8 Å². The van der Waals surface area contributed by atoms with Crippen molar-refractivity contribution in [3.05, 3.63) is 93.3 Å². The highest BCUT2D eigenvalue weighted by atomic mass is 16.1. The topological polar surface area (TPSA) is 32.9 Å². The molecule has 2 heteroatoms. The molecule has 0 radical (unpaired) electrons. The van der Waals surface area contributed by atoms with Gasteiger partial charge < -0.3 is 4.98 Å². The number of H-pyrrole nitrogens is 1. The molecule has 4 aromatic rings. The number of pyridine rings is 1. The van der Waals surface area contributed by atoms with E-state index in [1.807, 2.05) is 18.2 Å². The number of aromatic nitrogens is 1. The number of fused-ring (bicyclic) bond motifs is 8. The first kappa shape index (κ1) is 13.2. The fraction of sp³-hybridized carbons (Fsp3) is 0.0870. The van der Waals surface area contributed by atoms with Crippen LogP contribution in [-0.4, -0.2) is 4.98 Å². The minimum absolute atomic E-state index is 0.00287. The summed E-state index contributed by atoms with van der Waals surface area (Å²) < 4.78 is 0. The van der Waals surface area contributed by atoms with Gasteiger partial charge in [0, 0.05) is 17.4 Å². The molecule has 0 amide bonds. The van der Waals surface area contributed by atoms with Crippen molar-refractivity contribution in [1.29, 1.82) is 0 Å². The highest BCUT2D eigenvalue weighted by molar-refractivity contribution is 5.94. The number of benzene rings is 3. The van der Waals surface area contributed by atoms with Gasteiger partial charge in [0.2, 0.25) is 0 Å². The fourth-order valence-electron chi connectivity index (χ4n) is 4.55. The fourth-order valence-corrected chi connectivity index (χ4v) is 4.55. The Morgan fingerprint density at radius 1 is 0.680 bits per heavy atom. The van der Waals surface area contributed by atoms with E-state index in [4.69, 9.17) is 0 Å². The Hall–Kier alpha value is -3.13. The van der Waals surface area contributed by atoms with Gasteiger partial charge in [0.25, 0.3) is 5.56 Å². The molecule has 0 fully saturated rings. The van der Waals surface area contributed by atoms with E-state index in [0.717, 1.165) is 29.3 Å². The van der Waals surface area contributed by atoms with E-state index < -0.39 is 0 Å². The van der Waals surface area contributed by atoms with Gasteiger partial charge in [-0.1, -0.05) is 48.5 Å². The number of hydrogen-bond acceptors (Lipinski definition) is 1. The third-order valence-corrected chi connectivity index (χ3v) is 5.69. The van der Waals surface area contributed by atoms with Crippen LogP contribution in [0, 0.1) is 0 Å². The quantitative estimate of drug-likeness (QED) is 0.433. The molecule has 0 aliphatic heterocycles. The minimum Gasteiger partial charge on any atom is -0.321 e. The first-order valence-corrected chi connectivity index (χ1v) is 8.68. The van der Waals surface area contributed by atoms with E-state index in [2.05, 4.69) is 47.4 Å². The molecule has 1 heterocycles. The van der Waals surface area contributed by atoms with E-state index in [1.54, 1.807) is 0 Å². The van der Waals surface area contributed by atoms with Crippen LogP contribution in [0.4, 0.5) is 0 Å². The monoisotopic (exact) mass is 321 g/mol. The smallest absolute Gasteiger partial charge is 0.256 e. The lowest BCUT2D eigenvalue weighted by molar-refractivity contribution is 1.21. The lowest BCUT2D eigenvalue weighted by Gasteiger charge is -2.07. The molecular weight excluding hydrogens is 306 g/mol. The Bertz CT molecular complexity index is 1260. The van der Waals surface area contributed by atoms with Crippen LogP contribution in [0.5, 0.6) is 0 Å². The van der Waals surface area contributed by atoms with Gasteiger partial charge in [-0.15, -0.1) is 0 Å². The van der Waals surface area contributed by atoms with Crippen molar-refractivity contribution in [3.8, 4) is 22.4 Å². The summed E-state index contributed by atoms with van der Waals surface area (Å²) in [5, 5.41) is 1.87. The van der Waals surface area contributed by atoms with Gasteiger partial charge in [-0.3, -0.25) is 4.79 Å². The van der Waals surface area contributed by atoms with Crippen LogP contribution in [0.2, 0.25) is 0 Å². The lowest BCUT2D eigenvalue weighted by Crippen LogP contribution is -2.08. The zero-order chi connectivity index (χ0) is 16.5. The molecule has 1 aromatic heterocycles. The van der Waals surface area contributed by atoms with Crippen molar-refractivity contribution in [3.63, 3.8) is 0 Å². The number of aromatic amines is 1. The molecule has 0 bridgehead atoms. The summed E-state index contributed by atoms with van der Waals surface area (Å²) in [4.78, 5) is 15.7. The molecule has 2 aliphatic carbocycles. The molecule has 2 nitrogen and oxygen atoms in total. The molecular formula is C23H15NO. The Balaban J connectivity index is 1.66. The predicted molar refractivity (Wildman–Crippen MR) is 101 cm³/mol. The third-order valence-electron chi connectivity index (χ3n) is 5.69. The highest BCUT2D eigenvalue weighted by Gasteiger charge is 2.27. The molecule has 0 saturated carbocycles. The second kappa shape index (κ2) is 4.48. The largest absolute Gasteiger partial charge is 0.321 e. The zero-order valence-corrected chi connectivity index (χ0v) is 13.6. The van der Waals surface area contributed by atoms with E-state index in [0.29, 0.717) is 0 Å². The summed E-state index contributed by atoms with van der Waals surface area (Å²) in [6, 6.07) is 21.2. The normalized spacial score (nSPS) is 13.4. The lowest BCUT2D eigenvalue weighted by atomic mass is 9.99. The standard InChI is InChI=1S/C23H15NO/c25-23-18-8-4-3-7-17(18)21-11-15-10-14-9-13-5-1-2-6-16(13)19(14)12-20(15)22(21)24-23/h1-8,10,12H,9,11H2,(H,24,25). The predicted octanol–water partition coefficient (Wildman–Crippen LogP) is 4.67. The molecule has 0 saturated heterocycles.